The van der Waals surface area contributed by atoms with Crippen LogP contribution in [-0.4, -0.2) is 70.3 Å². The predicted molar refractivity (Wildman–Crippen MR) is 111 cm³/mol. The average Bonchev–Trinajstić information content (AvgIpc) is 2.71. The van der Waals surface area contributed by atoms with Crippen molar-refractivity contribution in [3.63, 3.8) is 0 Å². The first kappa shape index (κ1) is 25.9. The number of amides is 3. The summed E-state index contributed by atoms with van der Waals surface area (Å²) in [4.78, 5) is 48.3. The zero-order valence-corrected chi connectivity index (χ0v) is 17.5. The number of aliphatic carboxylic acids is 1. The van der Waals surface area contributed by atoms with Gasteiger partial charge in [0.2, 0.25) is 17.7 Å². The molecule has 172 valence electrons. The van der Waals surface area contributed by atoms with Gasteiger partial charge in [0.05, 0.1) is 13.2 Å². The molecule has 1 rings (SSSR count). The third-order valence-electron chi connectivity index (χ3n) is 4.35. The Morgan fingerprint density at radius 1 is 0.935 bits per heavy atom. The van der Waals surface area contributed by atoms with Crippen LogP contribution in [0.4, 0.5) is 0 Å². The van der Waals surface area contributed by atoms with Gasteiger partial charge in [0.25, 0.3) is 0 Å². The lowest BCUT2D eigenvalue weighted by atomic mass is 10.0. The van der Waals surface area contributed by atoms with Crippen molar-refractivity contribution in [2.75, 3.05) is 13.2 Å². The summed E-state index contributed by atoms with van der Waals surface area (Å²) in [5.74, 6) is -3.39. The Morgan fingerprint density at radius 2 is 1.48 bits per heavy atom. The fourth-order valence-electron chi connectivity index (χ4n) is 2.76. The van der Waals surface area contributed by atoms with Gasteiger partial charge < -0.3 is 37.0 Å². The maximum absolute atomic E-state index is 12.9. The maximum atomic E-state index is 12.9. The van der Waals surface area contributed by atoms with Gasteiger partial charge in [0.1, 0.15) is 23.9 Å². The Kier molecular flexibility index (Phi) is 10.4. The van der Waals surface area contributed by atoms with Crippen molar-refractivity contribution < 1.29 is 34.5 Å². The molecule has 0 radical (unpaired) electrons. The first-order valence-corrected chi connectivity index (χ1v) is 9.79. The van der Waals surface area contributed by atoms with Crippen LogP contribution >= 0.6 is 0 Å². The van der Waals surface area contributed by atoms with Crippen molar-refractivity contribution in [2.24, 2.45) is 11.7 Å². The van der Waals surface area contributed by atoms with Gasteiger partial charge in [0.15, 0.2) is 0 Å². The monoisotopic (exact) mass is 438 g/mol. The number of phenols is 1. The van der Waals surface area contributed by atoms with Gasteiger partial charge in [-0.25, -0.2) is 4.79 Å². The summed E-state index contributed by atoms with van der Waals surface area (Å²) in [6, 6.07) is 2.39. The average molecular weight is 438 g/mol. The number of hydrogen-bond acceptors (Lipinski definition) is 7. The number of aromatic hydroxyl groups is 1. The summed E-state index contributed by atoms with van der Waals surface area (Å²) >= 11 is 0. The Morgan fingerprint density at radius 3 is 1.97 bits per heavy atom. The lowest BCUT2D eigenvalue weighted by molar-refractivity contribution is -0.143. The molecule has 0 bridgehead atoms. The Labute approximate surface area is 180 Å². The molecular weight excluding hydrogens is 408 g/mol. The molecule has 1 aromatic carbocycles. The number of nitrogens with two attached hydrogens (primary N) is 1. The van der Waals surface area contributed by atoms with E-state index >= 15 is 0 Å². The standard InChI is InChI=1S/C20H30N4O7/c1-11(2)7-14(18(28)24-16(10-25)20(30)31)23-19(29)15(22-17(27)9-21)8-12-3-5-13(26)6-4-12/h3-6,11,14-16,25-26H,7-10,21H2,1-2H3,(H,22,27)(H,23,29)(H,24,28)(H,30,31). The zero-order valence-electron chi connectivity index (χ0n) is 17.5. The van der Waals surface area contributed by atoms with E-state index in [1.165, 1.54) is 12.1 Å². The van der Waals surface area contributed by atoms with Crippen LogP contribution in [0.1, 0.15) is 25.8 Å². The van der Waals surface area contributed by atoms with Crippen LogP contribution < -0.4 is 21.7 Å². The molecule has 0 fully saturated rings. The molecule has 0 saturated carbocycles. The van der Waals surface area contributed by atoms with Gasteiger partial charge in [-0.15, -0.1) is 0 Å². The lowest BCUT2D eigenvalue weighted by Gasteiger charge is -2.25. The van der Waals surface area contributed by atoms with E-state index in [4.69, 9.17) is 15.9 Å². The van der Waals surface area contributed by atoms with Crippen molar-refractivity contribution >= 4 is 23.7 Å². The van der Waals surface area contributed by atoms with Crippen LogP contribution in [0.15, 0.2) is 24.3 Å². The SMILES string of the molecule is CC(C)CC(NC(=O)C(Cc1ccc(O)cc1)NC(=O)CN)C(=O)NC(CO)C(=O)O. The van der Waals surface area contributed by atoms with Gasteiger partial charge in [0, 0.05) is 6.42 Å². The van der Waals surface area contributed by atoms with Crippen LogP contribution in [0.2, 0.25) is 0 Å². The molecule has 11 heteroatoms. The number of aliphatic hydroxyl groups excluding tert-OH is 1. The van der Waals surface area contributed by atoms with E-state index in [0.717, 1.165) is 0 Å². The van der Waals surface area contributed by atoms with E-state index in [0.29, 0.717) is 5.56 Å². The molecule has 0 aromatic heterocycles. The number of carbonyl (C=O) groups excluding carboxylic acids is 3. The van der Waals surface area contributed by atoms with E-state index in [1.807, 2.05) is 13.8 Å². The molecule has 11 nitrogen and oxygen atoms in total. The largest absolute Gasteiger partial charge is 0.508 e. The van der Waals surface area contributed by atoms with Crippen molar-refractivity contribution in [1.82, 2.24) is 16.0 Å². The summed E-state index contributed by atoms with van der Waals surface area (Å²) in [6.07, 6.45) is 0.272. The molecule has 3 amide bonds. The summed E-state index contributed by atoms with van der Waals surface area (Å²) in [6.45, 7) is 2.49. The molecule has 1 aromatic rings. The van der Waals surface area contributed by atoms with Crippen molar-refractivity contribution in [1.29, 1.82) is 0 Å². The van der Waals surface area contributed by atoms with Crippen molar-refractivity contribution in [3.05, 3.63) is 29.8 Å². The fourth-order valence-corrected chi connectivity index (χ4v) is 2.76. The van der Waals surface area contributed by atoms with E-state index in [2.05, 4.69) is 16.0 Å². The molecular formula is C20H30N4O7. The minimum absolute atomic E-state index is 0.0253. The van der Waals surface area contributed by atoms with Gasteiger partial charge in [-0.2, -0.15) is 0 Å². The minimum Gasteiger partial charge on any atom is -0.508 e. The highest BCUT2D eigenvalue weighted by atomic mass is 16.4. The number of carboxylic acids is 1. The molecule has 3 unspecified atom stereocenters. The third kappa shape index (κ3) is 9.01. The lowest BCUT2D eigenvalue weighted by Crippen LogP contribution is -2.57. The van der Waals surface area contributed by atoms with E-state index in [1.54, 1.807) is 12.1 Å². The first-order valence-electron chi connectivity index (χ1n) is 9.79. The highest BCUT2D eigenvalue weighted by molar-refractivity contribution is 5.93. The molecule has 3 atom stereocenters. The van der Waals surface area contributed by atoms with Crippen molar-refractivity contribution in [2.45, 2.75) is 44.8 Å². The number of carbonyl (C=O) groups is 4. The highest BCUT2D eigenvalue weighted by Crippen LogP contribution is 2.12. The molecule has 0 spiro atoms. The van der Waals surface area contributed by atoms with Crippen LogP contribution in [0, 0.1) is 5.92 Å². The number of aliphatic hydroxyl groups is 1. The molecule has 31 heavy (non-hydrogen) atoms. The van der Waals surface area contributed by atoms with Crippen LogP contribution in [0.3, 0.4) is 0 Å². The summed E-state index contributed by atoms with van der Waals surface area (Å²) in [7, 11) is 0. The topological polar surface area (TPSA) is 191 Å². The first-order chi connectivity index (χ1) is 14.6. The van der Waals surface area contributed by atoms with Crippen molar-refractivity contribution in [3.8, 4) is 5.75 Å². The third-order valence-corrected chi connectivity index (χ3v) is 4.35. The second kappa shape index (κ2) is 12.5. The minimum atomic E-state index is -1.51. The summed E-state index contributed by atoms with van der Waals surface area (Å²) in [5, 5.41) is 34.8. The smallest absolute Gasteiger partial charge is 0.328 e. The van der Waals surface area contributed by atoms with E-state index < -0.39 is 48.4 Å². The predicted octanol–water partition coefficient (Wildman–Crippen LogP) is -1.53. The second-order valence-corrected chi connectivity index (χ2v) is 7.47. The summed E-state index contributed by atoms with van der Waals surface area (Å²) in [5.41, 5.74) is 5.97. The Balaban J connectivity index is 3.01. The van der Waals surface area contributed by atoms with Gasteiger partial charge in [-0.3, -0.25) is 14.4 Å². The summed E-state index contributed by atoms with van der Waals surface area (Å²) < 4.78 is 0. The zero-order chi connectivity index (χ0) is 23.6. The van der Waals surface area contributed by atoms with Gasteiger partial charge in [-0.1, -0.05) is 26.0 Å². The van der Waals surface area contributed by atoms with E-state index in [9.17, 15) is 24.3 Å². The van der Waals surface area contributed by atoms with Crippen LogP contribution in [0.5, 0.6) is 5.75 Å². The molecule has 0 aliphatic heterocycles. The quantitative estimate of drug-likeness (QED) is 0.204. The fraction of sp³-hybridized carbons (Fsp3) is 0.500. The number of carboxylic acid groups (broad SMARTS) is 1. The number of benzene rings is 1. The number of hydrogen-bond donors (Lipinski definition) is 7. The molecule has 0 saturated heterocycles. The van der Waals surface area contributed by atoms with Crippen LogP contribution in [-0.2, 0) is 25.6 Å². The molecule has 8 N–H and O–H groups in total. The maximum Gasteiger partial charge on any atom is 0.328 e. The Bertz CT molecular complexity index is 767. The normalized spacial score (nSPS) is 13.7. The highest BCUT2D eigenvalue weighted by Gasteiger charge is 2.29. The second-order valence-electron chi connectivity index (χ2n) is 7.47. The van der Waals surface area contributed by atoms with Gasteiger partial charge >= 0.3 is 5.97 Å². The number of phenolic OH excluding ortho intramolecular Hbond substituents is 1. The molecule has 0 aliphatic rings. The van der Waals surface area contributed by atoms with Crippen LogP contribution in [0.25, 0.3) is 0 Å². The van der Waals surface area contributed by atoms with Gasteiger partial charge in [-0.05, 0) is 30.0 Å². The number of rotatable bonds is 12. The number of nitrogens with one attached hydrogen (secondary N) is 3. The Hall–Kier alpha value is -3.18. The molecule has 0 heterocycles. The van der Waals surface area contributed by atoms with E-state index in [-0.39, 0.29) is 31.1 Å². The molecule has 0 aliphatic carbocycles.